The van der Waals surface area contributed by atoms with Crippen LogP contribution >= 0.6 is 0 Å². The number of rotatable bonds is 9. The van der Waals surface area contributed by atoms with Crippen LogP contribution in [0.4, 0.5) is 14.4 Å². The number of aryl methyl sites for hydroxylation is 1. The molecule has 10 nitrogen and oxygen atoms in total. The fourth-order valence-corrected chi connectivity index (χ4v) is 2.53. The molecule has 1 aromatic carbocycles. The number of unbranched alkanes of at least 4 members (excludes halogenated alkanes) is 1. The molecule has 0 heterocycles. The standard InChI is InChI=1S/C19H31N5O5/c1-12-7-9-14(10-8-12)16(26)21-11-5-4-6-15(13(2)25)22-18(28)24-19(29)23-17(27)20-3/h7-10,13,15-16,21,25-26H,4-6,11H2,1-3H3,(H4,20,22,23,24,27,28,29)/t13?,15-,16?/m0/s1. The first-order valence-corrected chi connectivity index (χ1v) is 9.49. The molecule has 1 rings (SSSR count). The van der Waals surface area contributed by atoms with Gasteiger partial charge in [-0.1, -0.05) is 36.2 Å². The van der Waals surface area contributed by atoms with Crippen LogP contribution in [0.2, 0.25) is 0 Å². The van der Waals surface area contributed by atoms with Gasteiger partial charge in [-0.25, -0.2) is 14.4 Å². The summed E-state index contributed by atoms with van der Waals surface area (Å²) in [5.41, 5.74) is 1.90. The van der Waals surface area contributed by atoms with Gasteiger partial charge < -0.3 is 20.8 Å². The van der Waals surface area contributed by atoms with E-state index in [-0.39, 0.29) is 0 Å². The summed E-state index contributed by atoms with van der Waals surface area (Å²) in [6, 6.07) is 4.48. The van der Waals surface area contributed by atoms with E-state index in [4.69, 9.17) is 0 Å². The topological polar surface area (TPSA) is 152 Å². The van der Waals surface area contributed by atoms with Crippen LogP contribution in [0.15, 0.2) is 24.3 Å². The van der Waals surface area contributed by atoms with E-state index in [2.05, 4.69) is 16.0 Å². The first-order valence-electron chi connectivity index (χ1n) is 9.49. The molecule has 0 spiro atoms. The van der Waals surface area contributed by atoms with Crippen LogP contribution in [0.5, 0.6) is 0 Å². The Morgan fingerprint density at radius 1 is 0.966 bits per heavy atom. The van der Waals surface area contributed by atoms with Gasteiger partial charge in [-0.3, -0.25) is 16.0 Å². The van der Waals surface area contributed by atoms with E-state index in [1.807, 2.05) is 41.8 Å². The molecule has 0 radical (unpaired) electrons. The molecule has 0 aliphatic carbocycles. The quantitative estimate of drug-likeness (QED) is 0.237. The molecule has 0 fully saturated rings. The van der Waals surface area contributed by atoms with Crippen LogP contribution in [0.3, 0.4) is 0 Å². The van der Waals surface area contributed by atoms with Crippen molar-refractivity contribution in [2.24, 2.45) is 0 Å². The minimum absolute atomic E-state index is 0.477. The molecule has 1 aromatic rings. The zero-order valence-corrected chi connectivity index (χ0v) is 17.0. The van der Waals surface area contributed by atoms with Gasteiger partial charge in [0.2, 0.25) is 0 Å². The average Bonchev–Trinajstić information content (AvgIpc) is 2.66. The molecule has 0 saturated carbocycles. The minimum Gasteiger partial charge on any atom is -0.391 e. The fraction of sp³-hybridized carbons (Fsp3) is 0.526. The molecule has 0 aliphatic heterocycles. The van der Waals surface area contributed by atoms with Gasteiger partial charge in [-0.2, -0.15) is 0 Å². The van der Waals surface area contributed by atoms with Gasteiger partial charge in [-0.15, -0.1) is 0 Å². The largest absolute Gasteiger partial charge is 0.391 e. The van der Waals surface area contributed by atoms with Gasteiger partial charge >= 0.3 is 18.1 Å². The molecule has 0 bridgehead atoms. The van der Waals surface area contributed by atoms with Crippen molar-refractivity contribution < 1.29 is 24.6 Å². The summed E-state index contributed by atoms with van der Waals surface area (Å²) in [7, 11) is 1.33. The van der Waals surface area contributed by atoms with E-state index in [9.17, 15) is 24.6 Å². The number of carbonyl (C=O) groups excluding carboxylic acids is 3. The van der Waals surface area contributed by atoms with Gasteiger partial charge in [0.15, 0.2) is 0 Å². The van der Waals surface area contributed by atoms with Crippen molar-refractivity contribution in [2.75, 3.05) is 13.6 Å². The Morgan fingerprint density at radius 2 is 1.59 bits per heavy atom. The Kier molecular flexibility index (Phi) is 10.7. The van der Waals surface area contributed by atoms with Crippen molar-refractivity contribution in [1.29, 1.82) is 0 Å². The van der Waals surface area contributed by atoms with Gasteiger partial charge in [-0.05, 0) is 38.8 Å². The highest BCUT2D eigenvalue weighted by molar-refractivity contribution is 6.01. The van der Waals surface area contributed by atoms with Crippen LogP contribution in [0.25, 0.3) is 0 Å². The summed E-state index contributed by atoms with van der Waals surface area (Å²) in [6.45, 7) is 4.07. The Morgan fingerprint density at radius 3 is 2.17 bits per heavy atom. The molecule has 0 aliphatic rings. The second-order valence-corrected chi connectivity index (χ2v) is 6.74. The average molecular weight is 409 g/mol. The lowest BCUT2D eigenvalue weighted by atomic mass is 10.1. The lowest BCUT2D eigenvalue weighted by Gasteiger charge is -2.21. The highest BCUT2D eigenvalue weighted by Gasteiger charge is 2.19. The first-order chi connectivity index (χ1) is 13.7. The van der Waals surface area contributed by atoms with Crippen LogP contribution in [-0.4, -0.2) is 54.0 Å². The number of aliphatic hydroxyl groups is 2. The van der Waals surface area contributed by atoms with E-state index in [0.29, 0.717) is 25.8 Å². The van der Waals surface area contributed by atoms with Crippen molar-refractivity contribution in [2.45, 2.75) is 51.5 Å². The number of hydrogen-bond acceptors (Lipinski definition) is 6. The van der Waals surface area contributed by atoms with E-state index in [0.717, 1.165) is 11.1 Å². The maximum Gasteiger partial charge on any atom is 0.330 e. The third-order valence-electron chi connectivity index (χ3n) is 4.25. The molecule has 29 heavy (non-hydrogen) atoms. The molecule has 2 unspecified atom stereocenters. The van der Waals surface area contributed by atoms with Gasteiger partial charge in [0.1, 0.15) is 6.23 Å². The first kappa shape index (κ1) is 24.3. The van der Waals surface area contributed by atoms with Gasteiger partial charge in [0.25, 0.3) is 0 Å². The van der Waals surface area contributed by atoms with Crippen molar-refractivity contribution in [3.8, 4) is 0 Å². The number of benzene rings is 1. The Labute approximate surface area is 170 Å². The predicted octanol–water partition coefficient (Wildman–Crippen LogP) is 0.843. The maximum atomic E-state index is 11.8. The molecule has 0 saturated heterocycles. The summed E-state index contributed by atoms with van der Waals surface area (Å²) in [4.78, 5) is 34.3. The van der Waals surface area contributed by atoms with E-state index in [1.165, 1.54) is 14.0 Å². The van der Waals surface area contributed by atoms with Crippen molar-refractivity contribution >= 4 is 18.1 Å². The molecule has 0 aromatic heterocycles. The Hall–Kier alpha value is -2.69. The van der Waals surface area contributed by atoms with E-state index in [1.54, 1.807) is 0 Å². The third kappa shape index (κ3) is 9.88. The molecule has 3 atom stereocenters. The van der Waals surface area contributed by atoms with Crippen LogP contribution in [0, 0.1) is 6.92 Å². The van der Waals surface area contributed by atoms with Crippen molar-refractivity contribution in [3.63, 3.8) is 0 Å². The second-order valence-electron chi connectivity index (χ2n) is 6.74. The number of carbonyl (C=O) groups is 3. The van der Waals surface area contributed by atoms with Gasteiger partial charge in [0.05, 0.1) is 12.1 Å². The normalized spacial score (nSPS) is 13.7. The fourth-order valence-electron chi connectivity index (χ4n) is 2.53. The van der Waals surface area contributed by atoms with Crippen molar-refractivity contribution in [3.05, 3.63) is 35.4 Å². The third-order valence-corrected chi connectivity index (χ3v) is 4.25. The Bertz CT molecular complexity index is 665. The molecule has 6 amide bonds. The maximum absolute atomic E-state index is 11.8. The molecule has 7 N–H and O–H groups in total. The van der Waals surface area contributed by atoms with Gasteiger partial charge in [0, 0.05) is 7.05 Å². The summed E-state index contributed by atoms with van der Waals surface area (Å²) in [5.74, 6) is 0. The molecular formula is C19H31N5O5. The summed E-state index contributed by atoms with van der Waals surface area (Å²) < 4.78 is 0. The van der Waals surface area contributed by atoms with Crippen LogP contribution in [0.1, 0.15) is 43.5 Å². The summed E-state index contributed by atoms with van der Waals surface area (Å²) in [6.07, 6.45) is 0.282. The second kappa shape index (κ2) is 12.7. The summed E-state index contributed by atoms with van der Waals surface area (Å²) >= 11 is 0. The number of amides is 6. The molecule has 10 heteroatoms. The minimum atomic E-state index is -0.972. The number of urea groups is 3. The SMILES string of the molecule is CNC(=O)NC(=O)NC(=O)N[C@@H](CCCCNC(O)c1ccc(C)cc1)C(C)O. The molecule has 162 valence electrons. The number of hydrogen-bond donors (Lipinski definition) is 7. The zero-order valence-electron chi connectivity index (χ0n) is 17.0. The Balaban J connectivity index is 2.31. The lowest BCUT2D eigenvalue weighted by molar-refractivity contribution is 0.133. The van der Waals surface area contributed by atoms with Crippen LogP contribution < -0.4 is 26.6 Å². The predicted molar refractivity (Wildman–Crippen MR) is 108 cm³/mol. The van der Waals surface area contributed by atoms with Crippen LogP contribution in [-0.2, 0) is 0 Å². The van der Waals surface area contributed by atoms with Crippen molar-refractivity contribution in [1.82, 2.24) is 26.6 Å². The summed E-state index contributed by atoms with van der Waals surface area (Å²) in [5, 5.41) is 31.5. The smallest absolute Gasteiger partial charge is 0.330 e. The number of nitrogens with one attached hydrogen (secondary N) is 5. The van der Waals surface area contributed by atoms with E-state index < -0.39 is 36.5 Å². The highest BCUT2D eigenvalue weighted by Crippen LogP contribution is 2.11. The monoisotopic (exact) mass is 409 g/mol. The lowest BCUT2D eigenvalue weighted by Crippen LogP contribution is -2.52. The zero-order chi connectivity index (χ0) is 21.8. The van der Waals surface area contributed by atoms with E-state index >= 15 is 0 Å². The number of imide groups is 2. The number of aliphatic hydroxyl groups excluding tert-OH is 2. The highest BCUT2D eigenvalue weighted by atomic mass is 16.3. The molecular weight excluding hydrogens is 378 g/mol.